The Morgan fingerprint density at radius 2 is 0.532 bits per heavy atom. The van der Waals surface area contributed by atoms with Gasteiger partial charge in [0.25, 0.3) is 0 Å². The van der Waals surface area contributed by atoms with Crippen molar-refractivity contribution in [2.45, 2.75) is 0 Å². The summed E-state index contributed by atoms with van der Waals surface area (Å²) in [6.45, 7) is 0. The molecule has 62 heavy (non-hydrogen) atoms. The third kappa shape index (κ3) is 6.41. The average Bonchev–Trinajstić information content (AvgIpc) is 3.89. The Kier molecular flexibility index (Phi) is 8.76. The van der Waals surface area contributed by atoms with Crippen molar-refractivity contribution in [2.75, 3.05) is 0 Å². The van der Waals surface area contributed by atoms with Crippen LogP contribution in [0.4, 0.5) is 0 Å². The molecule has 0 spiro atoms. The van der Waals surface area contributed by atoms with E-state index in [1.807, 2.05) is 11.3 Å². The summed E-state index contributed by atoms with van der Waals surface area (Å²) in [4.78, 5) is 0. The van der Waals surface area contributed by atoms with E-state index in [0.29, 0.717) is 0 Å². The maximum absolute atomic E-state index is 2.40. The van der Waals surface area contributed by atoms with Crippen LogP contribution in [0.3, 0.4) is 0 Å². The van der Waals surface area contributed by atoms with E-state index in [9.17, 15) is 0 Å². The zero-order valence-corrected chi connectivity index (χ0v) is 34.7. The van der Waals surface area contributed by atoms with Crippen LogP contribution in [0.2, 0.25) is 0 Å². The van der Waals surface area contributed by atoms with Gasteiger partial charge in [0.2, 0.25) is 0 Å². The van der Waals surface area contributed by atoms with Gasteiger partial charge < -0.3 is 4.57 Å². The lowest BCUT2D eigenvalue weighted by Crippen LogP contribution is -1.93. The van der Waals surface area contributed by atoms with Gasteiger partial charge in [0.15, 0.2) is 0 Å². The molecule has 0 atom stereocenters. The van der Waals surface area contributed by atoms with E-state index in [0.717, 1.165) is 0 Å². The molecule has 10 aromatic carbocycles. The second-order valence-electron chi connectivity index (χ2n) is 16.1. The van der Waals surface area contributed by atoms with Crippen molar-refractivity contribution in [1.29, 1.82) is 0 Å². The van der Waals surface area contributed by atoms with Crippen LogP contribution in [0.1, 0.15) is 0 Å². The van der Waals surface area contributed by atoms with Crippen LogP contribution >= 0.6 is 11.3 Å². The Morgan fingerprint density at radius 1 is 0.226 bits per heavy atom. The fourth-order valence-corrected chi connectivity index (χ4v) is 10.3. The summed E-state index contributed by atoms with van der Waals surface area (Å²) >= 11 is 1.87. The van der Waals surface area contributed by atoms with Gasteiger partial charge in [-0.1, -0.05) is 158 Å². The summed E-state index contributed by atoms with van der Waals surface area (Å²) in [5.74, 6) is 0. The molecule has 1 nitrogen and oxygen atoms in total. The summed E-state index contributed by atoms with van der Waals surface area (Å²) in [6.07, 6.45) is 0. The molecule has 0 bridgehead atoms. The molecule has 290 valence electrons. The number of para-hydroxylation sites is 1. The maximum Gasteiger partial charge on any atom is 0.0541 e. The largest absolute Gasteiger partial charge is 0.309 e. The highest BCUT2D eigenvalue weighted by atomic mass is 32.1. The Morgan fingerprint density at radius 3 is 0.952 bits per heavy atom. The molecule has 0 N–H and O–H groups in total. The minimum atomic E-state index is 1.17. The van der Waals surface area contributed by atoms with Gasteiger partial charge in [-0.3, -0.25) is 0 Å². The van der Waals surface area contributed by atoms with Gasteiger partial charge in [0.05, 0.1) is 11.0 Å². The summed E-state index contributed by atoms with van der Waals surface area (Å²) < 4.78 is 5.01. The van der Waals surface area contributed by atoms with E-state index in [-0.39, 0.29) is 0 Å². The molecule has 12 rings (SSSR count). The molecule has 2 heteroatoms. The maximum atomic E-state index is 2.40. The van der Waals surface area contributed by atoms with Crippen LogP contribution in [0, 0.1) is 0 Å². The predicted molar refractivity (Wildman–Crippen MR) is 266 cm³/mol. The predicted octanol–water partition coefficient (Wildman–Crippen LogP) is 17.2. The third-order valence-electron chi connectivity index (χ3n) is 12.4. The number of nitrogens with zero attached hydrogens (tertiary/aromatic N) is 1. The number of hydrogen-bond donors (Lipinski definition) is 0. The van der Waals surface area contributed by atoms with E-state index in [2.05, 4.69) is 241 Å². The average molecular weight is 806 g/mol. The Labute approximate surface area is 365 Å². The minimum Gasteiger partial charge on any atom is -0.309 e. The van der Waals surface area contributed by atoms with Crippen LogP contribution in [-0.4, -0.2) is 4.57 Å². The first-order valence-electron chi connectivity index (χ1n) is 21.2. The fraction of sp³-hybridized carbons (Fsp3) is 0. The molecule has 0 aliphatic heterocycles. The van der Waals surface area contributed by atoms with E-state index in [1.54, 1.807) is 0 Å². The lowest BCUT2D eigenvalue weighted by atomic mass is 9.94. The van der Waals surface area contributed by atoms with E-state index in [1.165, 1.54) is 114 Å². The summed E-state index contributed by atoms with van der Waals surface area (Å²) in [6, 6.07) is 86.6. The Bertz CT molecular complexity index is 3610. The second kappa shape index (κ2) is 15.0. The molecule has 12 aromatic rings. The summed E-state index contributed by atoms with van der Waals surface area (Å²) in [7, 11) is 0. The highest BCUT2D eigenvalue weighted by Gasteiger charge is 2.16. The SMILES string of the molecule is c1ccc(-c2cccc(-c3cccc(-c4cccc(-c5ccc6sc7ccc(-c8ccc9c(c8)c8cc(-c%10ccccc%10)ccc8n9-c8ccccc8)cc7c6c5)c4)c3)c2)cc1. The smallest absolute Gasteiger partial charge is 0.0541 e. The zero-order valence-electron chi connectivity index (χ0n) is 33.9. The van der Waals surface area contributed by atoms with Gasteiger partial charge >= 0.3 is 0 Å². The molecule has 2 aromatic heterocycles. The van der Waals surface area contributed by atoms with Crippen molar-refractivity contribution in [3.63, 3.8) is 0 Å². The van der Waals surface area contributed by atoms with Crippen LogP contribution in [0.25, 0.3) is 114 Å². The number of hydrogen-bond acceptors (Lipinski definition) is 1. The van der Waals surface area contributed by atoms with Gasteiger partial charge in [0, 0.05) is 36.6 Å². The Hall–Kier alpha value is -7.78. The molecule has 0 fully saturated rings. The fourth-order valence-electron chi connectivity index (χ4n) is 9.27. The van der Waals surface area contributed by atoms with Crippen molar-refractivity contribution in [3.05, 3.63) is 237 Å². The minimum absolute atomic E-state index is 1.17. The van der Waals surface area contributed by atoms with Gasteiger partial charge in [-0.15, -0.1) is 11.3 Å². The van der Waals surface area contributed by atoms with Crippen LogP contribution in [0.5, 0.6) is 0 Å². The topological polar surface area (TPSA) is 4.93 Å². The standard InChI is InChI=1S/C60H39NS/c1-4-13-40(14-5-1)42-17-10-18-43(33-42)44-19-11-20-45(34-44)46-21-12-22-47(35-46)50-27-31-59-55(38-50)56-39-51(28-32-60(56)62-59)49-26-30-58-54(37-49)53-36-48(41-15-6-2-7-16-41)25-29-57(53)61(58)52-23-8-3-9-24-52/h1-39H. The molecular formula is C60H39NS. The molecule has 0 aliphatic carbocycles. The first-order valence-corrected chi connectivity index (χ1v) is 22.0. The molecule has 2 heterocycles. The Balaban J connectivity index is 0.916. The molecule has 0 amide bonds. The molecule has 0 radical (unpaired) electrons. The van der Waals surface area contributed by atoms with Crippen molar-refractivity contribution >= 4 is 53.3 Å². The van der Waals surface area contributed by atoms with Crippen LogP contribution < -0.4 is 0 Å². The number of benzene rings is 10. The van der Waals surface area contributed by atoms with Gasteiger partial charge in [-0.05, 0) is 146 Å². The van der Waals surface area contributed by atoms with E-state index in [4.69, 9.17) is 0 Å². The molecule has 0 saturated carbocycles. The number of rotatable bonds is 7. The van der Waals surface area contributed by atoms with Crippen molar-refractivity contribution < 1.29 is 0 Å². The van der Waals surface area contributed by atoms with E-state index < -0.39 is 0 Å². The molecular weight excluding hydrogens is 767 g/mol. The highest BCUT2D eigenvalue weighted by molar-refractivity contribution is 7.25. The molecule has 0 aliphatic rings. The normalized spacial score (nSPS) is 11.5. The monoisotopic (exact) mass is 805 g/mol. The van der Waals surface area contributed by atoms with Crippen molar-refractivity contribution in [2.24, 2.45) is 0 Å². The van der Waals surface area contributed by atoms with Crippen molar-refractivity contribution in [1.82, 2.24) is 4.57 Å². The van der Waals surface area contributed by atoms with Crippen LogP contribution in [-0.2, 0) is 0 Å². The van der Waals surface area contributed by atoms with Gasteiger partial charge in [-0.2, -0.15) is 0 Å². The summed E-state index contributed by atoms with van der Waals surface area (Å²) in [5, 5.41) is 5.10. The van der Waals surface area contributed by atoms with Gasteiger partial charge in [-0.25, -0.2) is 0 Å². The lowest BCUT2D eigenvalue weighted by Gasteiger charge is -2.10. The third-order valence-corrected chi connectivity index (χ3v) is 13.5. The first-order chi connectivity index (χ1) is 30.7. The van der Waals surface area contributed by atoms with Gasteiger partial charge in [0.1, 0.15) is 0 Å². The van der Waals surface area contributed by atoms with Crippen LogP contribution in [0.15, 0.2) is 237 Å². The molecule has 0 saturated heterocycles. The number of aromatic nitrogens is 1. The lowest BCUT2D eigenvalue weighted by molar-refractivity contribution is 1.18. The number of thiophene rings is 1. The summed E-state index contributed by atoms with van der Waals surface area (Å²) in [5.41, 5.74) is 18.2. The van der Waals surface area contributed by atoms with Crippen molar-refractivity contribution in [3.8, 4) is 72.4 Å². The number of fused-ring (bicyclic) bond motifs is 6. The van der Waals surface area contributed by atoms with E-state index >= 15 is 0 Å². The quantitative estimate of drug-likeness (QED) is 0.151. The highest BCUT2D eigenvalue weighted by Crippen LogP contribution is 2.41. The second-order valence-corrected chi connectivity index (χ2v) is 17.2. The zero-order chi connectivity index (χ0) is 41.0. The first kappa shape index (κ1) is 36.1. The molecule has 0 unspecified atom stereocenters.